The quantitative estimate of drug-likeness (QED) is 0.640. The van der Waals surface area contributed by atoms with Crippen molar-refractivity contribution in [1.29, 1.82) is 0 Å². The maximum atomic E-state index is 5.79. The standard InChI is InChI=1S/C22H28N6O/c1-3-28(4-2)17-7-5-16(6-8-17)19-13-20-21(25-10-9-24-20)22(27-19)26-15-18-14-23-11-12-29-18/h5-10,13,18,23H,3-4,11-12,14-15H2,1-2H3,(H,26,27)/t18-/m1/s1. The van der Waals surface area contributed by atoms with Crippen LogP contribution < -0.4 is 15.5 Å². The molecule has 1 aromatic carbocycles. The van der Waals surface area contributed by atoms with Gasteiger partial charge >= 0.3 is 0 Å². The van der Waals surface area contributed by atoms with Crippen LogP contribution in [0.2, 0.25) is 0 Å². The molecule has 1 saturated heterocycles. The van der Waals surface area contributed by atoms with Gasteiger partial charge in [-0.05, 0) is 32.0 Å². The number of nitrogens with one attached hydrogen (secondary N) is 2. The Kier molecular flexibility index (Phi) is 6.17. The minimum absolute atomic E-state index is 0.120. The molecule has 4 rings (SSSR count). The number of rotatable bonds is 7. The fourth-order valence-corrected chi connectivity index (χ4v) is 3.64. The Balaban J connectivity index is 1.62. The molecule has 152 valence electrons. The highest BCUT2D eigenvalue weighted by Crippen LogP contribution is 2.27. The van der Waals surface area contributed by atoms with E-state index in [1.54, 1.807) is 12.4 Å². The van der Waals surface area contributed by atoms with Crippen molar-refractivity contribution in [3.63, 3.8) is 0 Å². The van der Waals surface area contributed by atoms with Crippen molar-refractivity contribution in [2.45, 2.75) is 20.0 Å². The molecule has 1 fully saturated rings. The number of fused-ring (bicyclic) bond motifs is 1. The number of hydrogen-bond donors (Lipinski definition) is 2. The maximum Gasteiger partial charge on any atom is 0.154 e. The Bertz CT molecular complexity index is 936. The zero-order chi connectivity index (χ0) is 20.1. The predicted octanol–water partition coefficient (Wildman–Crippen LogP) is 2.94. The Hall–Kier alpha value is -2.77. The lowest BCUT2D eigenvalue weighted by Crippen LogP contribution is -2.42. The average Bonchev–Trinajstić information content (AvgIpc) is 2.79. The molecule has 0 saturated carbocycles. The van der Waals surface area contributed by atoms with Crippen molar-refractivity contribution in [3.8, 4) is 11.3 Å². The molecule has 0 spiro atoms. The van der Waals surface area contributed by atoms with Crippen LogP contribution in [0, 0.1) is 0 Å². The van der Waals surface area contributed by atoms with Gasteiger partial charge in [-0.3, -0.25) is 4.98 Å². The molecule has 1 aliphatic heterocycles. The Labute approximate surface area is 171 Å². The molecule has 3 aromatic rings. The molecular weight excluding hydrogens is 364 g/mol. The van der Waals surface area contributed by atoms with Gasteiger partial charge in [-0.15, -0.1) is 0 Å². The van der Waals surface area contributed by atoms with Crippen LogP contribution in [-0.2, 0) is 4.74 Å². The highest BCUT2D eigenvalue weighted by atomic mass is 16.5. The number of ether oxygens (including phenoxy) is 1. The third kappa shape index (κ3) is 4.46. The average molecular weight is 393 g/mol. The van der Waals surface area contributed by atoms with Crippen LogP contribution in [0.15, 0.2) is 42.7 Å². The fourth-order valence-electron chi connectivity index (χ4n) is 3.64. The van der Waals surface area contributed by atoms with Gasteiger partial charge in [0.2, 0.25) is 0 Å². The van der Waals surface area contributed by atoms with E-state index in [4.69, 9.17) is 9.72 Å². The van der Waals surface area contributed by atoms with E-state index in [1.807, 2.05) is 6.07 Å². The largest absolute Gasteiger partial charge is 0.374 e. The topological polar surface area (TPSA) is 75.2 Å². The number of morpholine rings is 1. The first kappa shape index (κ1) is 19.5. The summed E-state index contributed by atoms with van der Waals surface area (Å²) in [6.45, 7) is 9.48. The number of hydrogen-bond acceptors (Lipinski definition) is 7. The number of aromatic nitrogens is 3. The Morgan fingerprint density at radius 1 is 1.14 bits per heavy atom. The van der Waals surface area contributed by atoms with Crippen molar-refractivity contribution in [1.82, 2.24) is 20.3 Å². The zero-order valence-electron chi connectivity index (χ0n) is 17.1. The second-order valence-corrected chi connectivity index (χ2v) is 7.08. The molecule has 2 aromatic heterocycles. The first-order chi connectivity index (χ1) is 14.3. The fraction of sp³-hybridized carbons (Fsp3) is 0.409. The number of nitrogens with zero attached hydrogens (tertiary/aromatic N) is 4. The van der Waals surface area contributed by atoms with Crippen LogP contribution in [0.3, 0.4) is 0 Å². The molecule has 0 radical (unpaired) electrons. The lowest BCUT2D eigenvalue weighted by molar-refractivity contribution is 0.0372. The van der Waals surface area contributed by atoms with Crippen molar-refractivity contribution >= 4 is 22.5 Å². The van der Waals surface area contributed by atoms with E-state index >= 15 is 0 Å². The molecule has 7 nitrogen and oxygen atoms in total. The summed E-state index contributed by atoms with van der Waals surface area (Å²) in [4.78, 5) is 16.2. The molecule has 0 unspecified atom stereocenters. The van der Waals surface area contributed by atoms with Gasteiger partial charge in [0.1, 0.15) is 5.52 Å². The van der Waals surface area contributed by atoms with Gasteiger partial charge < -0.3 is 20.3 Å². The Morgan fingerprint density at radius 3 is 2.66 bits per heavy atom. The number of anilines is 2. The second kappa shape index (κ2) is 9.15. The molecule has 7 heteroatoms. The molecule has 0 bridgehead atoms. The van der Waals surface area contributed by atoms with Crippen LogP contribution >= 0.6 is 0 Å². The van der Waals surface area contributed by atoms with Crippen molar-refractivity contribution in [2.75, 3.05) is 49.5 Å². The highest BCUT2D eigenvalue weighted by Gasteiger charge is 2.15. The van der Waals surface area contributed by atoms with E-state index in [-0.39, 0.29) is 6.10 Å². The first-order valence-electron chi connectivity index (χ1n) is 10.3. The monoisotopic (exact) mass is 392 g/mol. The normalized spacial score (nSPS) is 16.7. The summed E-state index contributed by atoms with van der Waals surface area (Å²) in [5.74, 6) is 0.743. The van der Waals surface area contributed by atoms with E-state index in [9.17, 15) is 0 Å². The van der Waals surface area contributed by atoms with Gasteiger partial charge in [-0.25, -0.2) is 9.97 Å². The zero-order valence-corrected chi connectivity index (χ0v) is 17.1. The van der Waals surface area contributed by atoms with Gasteiger partial charge in [-0.2, -0.15) is 0 Å². The van der Waals surface area contributed by atoms with E-state index in [0.717, 1.165) is 60.9 Å². The third-order valence-electron chi connectivity index (χ3n) is 5.25. The minimum Gasteiger partial charge on any atom is -0.374 e. The van der Waals surface area contributed by atoms with Crippen LogP contribution in [0.1, 0.15) is 13.8 Å². The Morgan fingerprint density at radius 2 is 1.93 bits per heavy atom. The SMILES string of the molecule is CCN(CC)c1ccc(-c2cc3nccnc3c(NC[C@H]3CNCCO3)n2)cc1. The smallest absolute Gasteiger partial charge is 0.154 e. The third-order valence-corrected chi connectivity index (χ3v) is 5.25. The lowest BCUT2D eigenvalue weighted by atomic mass is 10.1. The molecule has 2 N–H and O–H groups in total. The summed E-state index contributed by atoms with van der Waals surface area (Å²) in [5.41, 5.74) is 4.77. The molecular formula is C22H28N6O. The molecule has 0 aliphatic carbocycles. The van der Waals surface area contributed by atoms with Gasteiger partial charge in [-0.1, -0.05) is 12.1 Å². The van der Waals surface area contributed by atoms with Gasteiger partial charge in [0.05, 0.1) is 23.9 Å². The van der Waals surface area contributed by atoms with Gasteiger partial charge in [0.25, 0.3) is 0 Å². The summed E-state index contributed by atoms with van der Waals surface area (Å²) in [6, 6.07) is 10.5. The summed E-state index contributed by atoms with van der Waals surface area (Å²) in [6.07, 6.45) is 3.54. The first-order valence-corrected chi connectivity index (χ1v) is 10.3. The van der Waals surface area contributed by atoms with Crippen LogP contribution in [0.4, 0.5) is 11.5 Å². The van der Waals surface area contributed by atoms with E-state index in [2.05, 4.69) is 63.6 Å². The highest BCUT2D eigenvalue weighted by molar-refractivity contribution is 5.88. The second-order valence-electron chi connectivity index (χ2n) is 7.08. The minimum atomic E-state index is 0.120. The summed E-state index contributed by atoms with van der Waals surface area (Å²) in [7, 11) is 0. The molecule has 0 amide bonds. The van der Waals surface area contributed by atoms with Gasteiger partial charge in [0, 0.05) is 56.4 Å². The number of benzene rings is 1. The van der Waals surface area contributed by atoms with Crippen molar-refractivity contribution in [2.24, 2.45) is 0 Å². The van der Waals surface area contributed by atoms with E-state index in [0.29, 0.717) is 6.54 Å². The molecule has 1 aliphatic rings. The van der Waals surface area contributed by atoms with Crippen molar-refractivity contribution < 1.29 is 4.74 Å². The van der Waals surface area contributed by atoms with Crippen LogP contribution in [0.25, 0.3) is 22.3 Å². The predicted molar refractivity (Wildman–Crippen MR) is 117 cm³/mol. The number of pyridine rings is 1. The summed E-state index contributed by atoms with van der Waals surface area (Å²) >= 11 is 0. The lowest BCUT2D eigenvalue weighted by Gasteiger charge is -2.24. The van der Waals surface area contributed by atoms with Crippen LogP contribution in [0.5, 0.6) is 0 Å². The van der Waals surface area contributed by atoms with Crippen molar-refractivity contribution in [3.05, 3.63) is 42.7 Å². The van der Waals surface area contributed by atoms with Crippen LogP contribution in [-0.4, -0.2) is 60.4 Å². The van der Waals surface area contributed by atoms with E-state index < -0.39 is 0 Å². The van der Waals surface area contributed by atoms with E-state index in [1.165, 1.54) is 5.69 Å². The maximum absolute atomic E-state index is 5.79. The summed E-state index contributed by atoms with van der Waals surface area (Å²) < 4.78 is 5.79. The molecule has 3 heterocycles. The molecule has 1 atom stereocenters. The molecule has 29 heavy (non-hydrogen) atoms. The van der Waals surface area contributed by atoms with Gasteiger partial charge in [0.15, 0.2) is 5.82 Å². The summed E-state index contributed by atoms with van der Waals surface area (Å²) in [5, 5.41) is 6.78.